The molecule has 0 saturated heterocycles. The molecule has 1 rings (SSSR count). The van der Waals surface area contributed by atoms with Gasteiger partial charge < -0.3 is 25.0 Å². The molecule has 9 nitrogen and oxygen atoms in total. The molecule has 0 aliphatic carbocycles. The fraction of sp³-hybridized carbons (Fsp3) is 0.630. The molecule has 0 aliphatic rings. The van der Waals surface area contributed by atoms with Crippen LogP contribution >= 0.6 is 0 Å². The summed E-state index contributed by atoms with van der Waals surface area (Å²) in [5.74, 6) is -1.15. The Balaban J connectivity index is 3.43. The van der Waals surface area contributed by atoms with E-state index in [0.29, 0.717) is 17.9 Å². The Morgan fingerprint density at radius 3 is 2.19 bits per heavy atom. The van der Waals surface area contributed by atoms with Crippen LogP contribution in [-0.4, -0.2) is 60.1 Å². The van der Waals surface area contributed by atoms with Gasteiger partial charge in [-0.2, -0.15) is 0 Å². The third kappa shape index (κ3) is 10.3. The third-order valence-corrected chi connectivity index (χ3v) is 5.51. The molecule has 9 heteroatoms. The predicted molar refractivity (Wildman–Crippen MR) is 138 cm³/mol. The largest absolute Gasteiger partial charge is 0.468 e. The average molecular weight is 506 g/mol. The second kappa shape index (κ2) is 13.8. The first-order valence-electron chi connectivity index (χ1n) is 12.4. The molecule has 2 N–H and O–H groups in total. The maximum Gasteiger partial charge on any atom is 0.408 e. The standard InChI is InChI=1S/C27H43N3O6/c1-17(2)13-14-19(4)30(25(33)20(5)29-26(34)36-27(6,7)8)23(21-12-10-11-18(3)15-21)24(32)28-16-22(31)35-9/h10-12,15,17,19-20,23H,13-14,16H2,1-9H3,(H,28,32)(H,29,34). The first-order chi connectivity index (χ1) is 16.7. The van der Waals surface area contributed by atoms with Crippen molar-refractivity contribution < 1.29 is 28.7 Å². The first kappa shape index (κ1) is 30.9. The molecule has 3 atom stereocenters. The number of amides is 3. The number of hydrogen-bond acceptors (Lipinski definition) is 6. The van der Waals surface area contributed by atoms with Gasteiger partial charge in [0.2, 0.25) is 11.8 Å². The number of nitrogens with zero attached hydrogens (tertiary/aromatic N) is 1. The van der Waals surface area contributed by atoms with Gasteiger partial charge in [-0.1, -0.05) is 43.7 Å². The number of rotatable bonds is 11. The number of carbonyl (C=O) groups excluding carboxylic acids is 4. The second-order valence-corrected chi connectivity index (χ2v) is 10.5. The van der Waals surface area contributed by atoms with Gasteiger partial charge in [-0.25, -0.2) is 4.79 Å². The number of methoxy groups -OCH3 is 1. The summed E-state index contributed by atoms with van der Waals surface area (Å²) in [6.07, 6.45) is 0.763. The number of benzene rings is 1. The van der Waals surface area contributed by atoms with Crippen molar-refractivity contribution in [2.75, 3.05) is 13.7 Å². The molecule has 0 heterocycles. The van der Waals surface area contributed by atoms with E-state index in [4.69, 9.17) is 4.74 Å². The Morgan fingerprint density at radius 1 is 1.03 bits per heavy atom. The van der Waals surface area contributed by atoms with Crippen molar-refractivity contribution in [3.05, 3.63) is 35.4 Å². The number of esters is 1. The van der Waals surface area contributed by atoms with Crippen molar-refractivity contribution >= 4 is 23.9 Å². The highest BCUT2D eigenvalue weighted by molar-refractivity contribution is 5.93. The smallest absolute Gasteiger partial charge is 0.408 e. The fourth-order valence-corrected chi connectivity index (χ4v) is 3.69. The summed E-state index contributed by atoms with van der Waals surface area (Å²) in [4.78, 5) is 52.9. The van der Waals surface area contributed by atoms with E-state index in [-0.39, 0.29) is 12.6 Å². The SMILES string of the molecule is COC(=O)CNC(=O)C(c1cccc(C)c1)N(C(=O)C(C)NC(=O)OC(C)(C)C)C(C)CCC(C)C. The van der Waals surface area contributed by atoms with Gasteiger partial charge in [-0.3, -0.25) is 14.4 Å². The summed E-state index contributed by atoms with van der Waals surface area (Å²) < 4.78 is 9.96. The number of hydrogen-bond donors (Lipinski definition) is 2. The van der Waals surface area contributed by atoms with Crippen LogP contribution in [0.25, 0.3) is 0 Å². The quantitative estimate of drug-likeness (QED) is 0.441. The van der Waals surface area contributed by atoms with Crippen LogP contribution in [0.2, 0.25) is 0 Å². The number of aryl methyl sites for hydroxylation is 1. The molecule has 0 aliphatic heterocycles. The lowest BCUT2D eigenvalue weighted by atomic mass is 9.96. The van der Waals surface area contributed by atoms with E-state index in [2.05, 4.69) is 29.2 Å². The van der Waals surface area contributed by atoms with E-state index >= 15 is 0 Å². The van der Waals surface area contributed by atoms with E-state index in [1.54, 1.807) is 33.8 Å². The van der Waals surface area contributed by atoms with Crippen molar-refractivity contribution in [1.82, 2.24) is 15.5 Å². The molecular formula is C27H43N3O6. The zero-order chi connectivity index (χ0) is 27.6. The maximum atomic E-state index is 13.8. The Labute approximate surface area is 215 Å². The van der Waals surface area contributed by atoms with E-state index < -0.39 is 41.6 Å². The third-order valence-electron chi connectivity index (χ3n) is 5.51. The normalized spacial score (nSPS) is 13.8. The fourth-order valence-electron chi connectivity index (χ4n) is 3.69. The molecular weight excluding hydrogens is 462 g/mol. The number of alkyl carbamates (subject to hydrolysis) is 1. The molecule has 0 radical (unpaired) electrons. The molecule has 3 unspecified atom stereocenters. The van der Waals surface area contributed by atoms with Gasteiger partial charge in [-0.05, 0) is 65.9 Å². The highest BCUT2D eigenvalue weighted by Crippen LogP contribution is 2.28. The average Bonchev–Trinajstić information content (AvgIpc) is 2.77. The zero-order valence-corrected chi connectivity index (χ0v) is 23.1. The van der Waals surface area contributed by atoms with Crippen LogP contribution in [0.4, 0.5) is 4.79 Å². The van der Waals surface area contributed by atoms with Crippen LogP contribution in [0.5, 0.6) is 0 Å². The zero-order valence-electron chi connectivity index (χ0n) is 23.1. The Hall–Kier alpha value is -3.10. The molecule has 1 aromatic rings. The molecule has 0 aromatic heterocycles. The molecule has 0 saturated carbocycles. The highest BCUT2D eigenvalue weighted by atomic mass is 16.6. The highest BCUT2D eigenvalue weighted by Gasteiger charge is 2.37. The summed E-state index contributed by atoms with van der Waals surface area (Å²) in [7, 11) is 1.24. The summed E-state index contributed by atoms with van der Waals surface area (Å²) in [5.41, 5.74) is 0.793. The summed E-state index contributed by atoms with van der Waals surface area (Å²) in [5, 5.41) is 5.19. The van der Waals surface area contributed by atoms with E-state index in [1.165, 1.54) is 12.0 Å². The molecule has 0 bridgehead atoms. The minimum Gasteiger partial charge on any atom is -0.468 e. The van der Waals surface area contributed by atoms with Crippen molar-refractivity contribution in [2.24, 2.45) is 5.92 Å². The van der Waals surface area contributed by atoms with Gasteiger partial charge in [0.05, 0.1) is 7.11 Å². The topological polar surface area (TPSA) is 114 Å². The molecule has 3 amide bonds. The molecule has 36 heavy (non-hydrogen) atoms. The maximum absolute atomic E-state index is 13.8. The Morgan fingerprint density at radius 2 is 1.67 bits per heavy atom. The van der Waals surface area contributed by atoms with Gasteiger partial charge >= 0.3 is 12.1 Å². The lowest BCUT2D eigenvalue weighted by molar-refractivity contribution is -0.146. The van der Waals surface area contributed by atoms with Crippen LogP contribution in [0.15, 0.2) is 24.3 Å². The predicted octanol–water partition coefficient (Wildman–Crippen LogP) is 3.89. The van der Waals surface area contributed by atoms with Crippen molar-refractivity contribution in [2.45, 2.75) is 92.0 Å². The van der Waals surface area contributed by atoms with E-state index in [1.807, 2.05) is 32.0 Å². The van der Waals surface area contributed by atoms with Crippen LogP contribution in [0, 0.1) is 12.8 Å². The van der Waals surface area contributed by atoms with Crippen LogP contribution < -0.4 is 10.6 Å². The lowest BCUT2D eigenvalue weighted by Gasteiger charge is -2.38. The van der Waals surface area contributed by atoms with Gasteiger partial charge in [0, 0.05) is 6.04 Å². The van der Waals surface area contributed by atoms with Crippen molar-refractivity contribution in [3.8, 4) is 0 Å². The van der Waals surface area contributed by atoms with Crippen LogP contribution in [0.1, 0.15) is 78.5 Å². The van der Waals surface area contributed by atoms with Gasteiger partial charge in [0.15, 0.2) is 0 Å². The minimum absolute atomic E-state index is 0.328. The first-order valence-corrected chi connectivity index (χ1v) is 12.4. The summed E-state index contributed by atoms with van der Waals surface area (Å²) in [6, 6.07) is 5.01. The molecule has 202 valence electrons. The number of carbonyl (C=O) groups is 4. The Bertz CT molecular complexity index is 909. The second-order valence-electron chi connectivity index (χ2n) is 10.5. The number of ether oxygens (including phenoxy) is 2. The monoisotopic (exact) mass is 505 g/mol. The molecule has 1 aromatic carbocycles. The van der Waals surface area contributed by atoms with Gasteiger partial charge in [-0.15, -0.1) is 0 Å². The number of nitrogens with one attached hydrogen (secondary N) is 2. The van der Waals surface area contributed by atoms with Gasteiger partial charge in [0.1, 0.15) is 24.2 Å². The van der Waals surface area contributed by atoms with Crippen LogP contribution in [0.3, 0.4) is 0 Å². The lowest BCUT2D eigenvalue weighted by Crippen LogP contribution is -2.55. The van der Waals surface area contributed by atoms with Crippen molar-refractivity contribution in [1.29, 1.82) is 0 Å². The van der Waals surface area contributed by atoms with Crippen molar-refractivity contribution in [3.63, 3.8) is 0 Å². The summed E-state index contributed by atoms with van der Waals surface area (Å²) in [6.45, 7) is 14.4. The van der Waals surface area contributed by atoms with E-state index in [0.717, 1.165) is 12.0 Å². The van der Waals surface area contributed by atoms with E-state index in [9.17, 15) is 19.2 Å². The van der Waals surface area contributed by atoms with Gasteiger partial charge in [0.25, 0.3) is 0 Å². The minimum atomic E-state index is -1.02. The van der Waals surface area contributed by atoms with Crippen LogP contribution in [-0.2, 0) is 23.9 Å². The Kier molecular flexibility index (Phi) is 11.9. The molecule has 0 fully saturated rings. The summed E-state index contributed by atoms with van der Waals surface area (Å²) >= 11 is 0. The molecule has 0 spiro atoms.